The van der Waals surface area contributed by atoms with Gasteiger partial charge in [-0.2, -0.15) is 4.31 Å². The van der Waals surface area contributed by atoms with Gasteiger partial charge in [0.1, 0.15) is 9.96 Å². The van der Waals surface area contributed by atoms with Crippen LogP contribution in [-0.2, 0) is 14.8 Å². The molecule has 0 atom stereocenters. The third-order valence-electron chi connectivity index (χ3n) is 4.14. The number of aryl methyl sites for hydroxylation is 1. The smallest absolute Gasteiger partial charge is 0.314 e. The number of hydrogen-bond donors (Lipinski definition) is 0. The molecule has 1 aliphatic heterocycles. The van der Waals surface area contributed by atoms with Crippen molar-refractivity contribution in [2.24, 2.45) is 5.92 Å². The fourth-order valence-electron chi connectivity index (χ4n) is 2.77. The van der Waals surface area contributed by atoms with E-state index < -0.39 is 10.0 Å². The summed E-state index contributed by atoms with van der Waals surface area (Å²) in [6.07, 6.45) is 0.937. The summed E-state index contributed by atoms with van der Waals surface area (Å²) in [7, 11) is -3.49. The molecule has 2 aromatic rings. The van der Waals surface area contributed by atoms with Crippen LogP contribution in [0.2, 0.25) is 0 Å². The number of nitrogens with zero attached hydrogens (tertiary/aromatic N) is 1. The third-order valence-corrected chi connectivity index (χ3v) is 8.13. The number of thiophene rings is 1. The molecule has 3 rings (SSSR count). The van der Waals surface area contributed by atoms with Gasteiger partial charge in [0.05, 0.1) is 9.70 Å². The van der Waals surface area contributed by atoms with Crippen LogP contribution >= 0.6 is 27.3 Å². The van der Waals surface area contributed by atoms with Crippen molar-refractivity contribution in [1.82, 2.24) is 4.31 Å². The van der Waals surface area contributed by atoms with Gasteiger partial charge in [-0.05, 0) is 65.5 Å². The lowest BCUT2D eigenvalue weighted by Crippen LogP contribution is -2.40. The summed E-state index contributed by atoms with van der Waals surface area (Å²) in [5.41, 5.74) is 1.02. The highest BCUT2D eigenvalue weighted by Crippen LogP contribution is 2.31. The molecule has 0 bridgehead atoms. The SMILES string of the molecule is Cc1cccc(OC(=O)C2CCN(S(=O)(=O)c3ccc(Br)s3)CC2)c1. The van der Waals surface area contributed by atoms with E-state index in [2.05, 4.69) is 15.9 Å². The molecule has 0 unspecified atom stereocenters. The minimum atomic E-state index is -3.49. The maximum absolute atomic E-state index is 12.6. The second kappa shape index (κ2) is 7.57. The van der Waals surface area contributed by atoms with Crippen LogP contribution < -0.4 is 4.74 Å². The number of rotatable bonds is 4. The summed E-state index contributed by atoms with van der Waals surface area (Å²) < 4.78 is 33.2. The van der Waals surface area contributed by atoms with Crippen LogP contribution in [0, 0.1) is 12.8 Å². The molecule has 1 aromatic heterocycles. The molecule has 0 aliphatic carbocycles. The lowest BCUT2D eigenvalue weighted by molar-refractivity contribution is -0.140. The second-order valence-corrected chi connectivity index (χ2v) is 10.6. The van der Waals surface area contributed by atoms with E-state index in [0.29, 0.717) is 35.9 Å². The minimum absolute atomic E-state index is 0.276. The van der Waals surface area contributed by atoms with Gasteiger partial charge in [-0.3, -0.25) is 4.79 Å². The first-order valence-corrected chi connectivity index (χ1v) is 10.9. The lowest BCUT2D eigenvalue weighted by atomic mass is 9.98. The molecular formula is C17H18BrNO4S2. The summed E-state index contributed by atoms with van der Waals surface area (Å²) >= 11 is 4.48. The van der Waals surface area contributed by atoms with Gasteiger partial charge in [-0.25, -0.2) is 8.42 Å². The van der Waals surface area contributed by atoms with Crippen molar-refractivity contribution in [2.45, 2.75) is 24.0 Å². The fourth-order valence-corrected chi connectivity index (χ4v) is 6.41. The van der Waals surface area contributed by atoms with E-state index in [1.807, 2.05) is 25.1 Å². The van der Waals surface area contributed by atoms with Crippen molar-refractivity contribution in [1.29, 1.82) is 0 Å². The van der Waals surface area contributed by atoms with Crippen LogP contribution in [0.5, 0.6) is 5.75 Å². The van der Waals surface area contributed by atoms with E-state index in [1.165, 1.54) is 15.6 Å². The van der Waals surface area contributed by atoms with Gasteiger partial charge >= 0.3 is 5.97 Å². The van der Waals surface area contributed by atoms with Crippen LogP contribution in [0.4, 0.5) is 0 Å². The molecular weight excluding hydrogens is 426 g/mol. The fraction of sp³-hybridized carbons (Fsp3) is 0.353. The largest absolute Gasteiger partial charge is 0.426 e. The Morgan fingerprint density at radius 3 is 2.56 bits per heavy atom. The molecule has 1 fully saturated rings. The van der Waals surface area contributed by atoms with Crippen molar-refractivity contribution < 1.29 is 17.9 Å². The van der Waals surface area contributed by atoms with E-state index >= 15 is 0 Å². The average Bonchev–Trinajstić information content (AvgIpc) is 3.02. The number of hydrogen-bond acceptors (Lipinski definition) is 5. The number of sulfonamides is 1. The van der Waals surface area contributed by atoms with E-state index in [-0.39, 0.29) is 11.9 Å². The Hall–Kier alpha value is -1.22. The first kappa shape index (κ1) is 18.6. The standard InChI is InChI=1S/C17H18BrNO4S2/c1-12-3-2-4-14(11-12)23-17(20)13-7-9-19(10-8-13)25(21,22)16-6-5-15(18)24-16/h2-6,11,13H,7-10H2,1H3. The highest BCUT2D eigenvalue weighted by atomic mass is 79.9. The zero-order valence-electron chi connectivity index (χ0n) is 13.6. The lowest BCUT2D eigenvalue weighted by Gasteiger charge is -2.29. The molecule has 0 radical (unpaired) electrons. The maximum atomic E-state index is 12.6. The van der Waals surface area contributed by atoms with Crippen molar-refractivity contribution in [3.05, 3.63) is 45.7 Å². The number of esters is 1. The van der Waals surface area contributed by atoms with Crippen molar-refractivity contribution in [3.63, 3.8) is 0 Å². The summed E-state index contributed by atoms with van der Waals surface area (Å²) in [4.78, 5) is 12.3. The Kier molecular flexibility index (Phi) is 5.62. The zero-order valence-corrected chi connectivity index (χ0v) is 16.9. The van der Waals surface area contributed by atoms with E-state index in [0.717, 1.165) is 9.35 Å². The van der Waals surface area contributed by atoms with Crippen LogP contribution in [0.25, 0.3) is 0 Å². The number of halogens is 1. The first-order chi connectivity index (χ1) is 11.9. The predicted molar refractivity (Wildman–Crippen MR) is 100 cm³/mol. The Bertz CT molecular complexity index is 870. The van der Waals surface area contributed by atoms with E-state index in [9.17, 15) is 13.2 Å². The Labute approximate surface area is 159 Å². The first-order valence-electron chi connectivity index (χ1n) is 7.90. The molecule has 134 valence electrons. The predicted octanol–water partition coefficient (Wildman–Crippen LogP) is 3.83. The van der Waals surface area contributed by atoms with Crippen molar-refractivity contribution in [3.8, 4) is 5.75 Å². The molecule has 5 nitrogen and oxygen atoms in total. The molecule has 0 spiro atoms. The Morgan fingerprint density at radius 2 is 1.96 bits per heavy atom. The van der Waals surface area contributed by atoms with Gasteiger partial charge in [0, 0.05) is 13.1 Å². The molecule has 25 heavy (non-hydrogen) atoms. The van der Waals surface area contributed by atoms with Gasteiger partial charge in [-0.1, -0.05) is 12.1 Å². The molecule has 0 N–H and O–H groups in total. The van der Waals surface area contributed by atoms with E-state index in [1.54, 1.807) is 18.2 Å². The minimum Gasteiger partial charge on any atom is -0.426 e. The molecule has 0 amide bonds. The van der Waals surface area contributed by atoms with Crippen molar-refractivity contribution in [2.75, 3.05) is 13.1 Å². The topological polar surface area (TPSA) is 63.7 Å². The molecule has 0 saturated carbocycles. The third kappa shape index (κ3) is 4.31. The summed E-state index contributed by atoms with van der Waals surface area (Å²) in [5, 5.41) is 0. The van der Waals surface area contributed by atoms with Crippen LogP contribution in [0.1, 0.15) is 18.4 Å². The quantitative estimate of drug-likeness (QED) is 0.531. The number of ether oxygens (including phenoxy) is 1. The molecule has 2 heterocycles. The zero-order chi connectivity index (χ0) is 18.0. The molecule has 8 heteroatoms. The normalized spacial score (nSPS) is 16.7. The maximum Gasteiger partial charge on any atom is 0.314 e. The summed E-state index contributed by atoms with van der Waals surface area (Å²) in [6.45, 7) is 2.58. The molecule has 1 saturated heterocycles. The van der Waals surface area contributed by atoms with E-state index in [4.69, 9.17) is 4.74 Å². The van der Waals surface area contributed by atoms with Crippen LogP contribution in [0.15, 0.2) is 44.4 Å². The number of piperidine rings is 1. The van der Waals surface area contributed by atoms with Gasteiger partial charge in [0.2, 0.25) is 0 Å². The Balaban J connectivity index is 1.61. The average molecular weight is 444 g/mol. The monoisotopic (exact) mass is 443 g/mol. The van der Waals surface area contributed by atoms with Gasteiger partial charge in [-0.15, -0.1) is 11.3 Å². The Morgan fingerprint density at radius 1 is 1.24 bits per heavy atom. The number of carbonyl (C=O) groups is 1. The van der Waals surface area contributed by atoms with Gasteiger partial charge in [0.15, 0.2) is 0 Å². The second-order valence-electron chi connectivity index (χ2n) is 5.97. The highest BCUT2D eigenvalue weighted by Gasteiger charge is 2.33. The summed E-state index contributed by atoms with van der Waals surface area (Å²) in [6, 6.07) is 10.7. The number of carbonyl (C=O) groups excluding carboxylic acids is 1. The molecule has 1 aromatic carbocycles. The highest BCUT2D eigenvalue weighted by molar-refractivity contribution is 9.11. The molecule has 1 aliphatic rings. The van der Waals surface area contributed by atoms with Crippen LogP contribution in [-0.4, -0.2) is 31.8 Å². The van der Waals surface area contributed by atoms with Gasteiger partial charge < -0.3 is 4.74 Å². The number of benzene rings is 1. The van der Waals surface area contributed by atoms with Gasteiger partial charge in [0.25, 0.3) is 10.0 Å². The summed E-state index contributed by atoms with van der Waals surface area (Å²) in [5.74, 6) is -0.0352. The van der Waals surface area contributed by atoms with Crippen LogP contribution in [0.3, 0.4) is 0 Å². The van der Waals surface area contributed by atoms with Crippen molar-refractivity contribution >= 4 is 43.3 Å².